The van der Waals surface area contributed by atoms with E-state index in [1.165, 1.54) is 12.1 Å². The van der Waals surface area contributed by atoms with Gasteiger partial charge in [-0.15, -0.1) is 6.58 Å². The minimum absolute atomic E-state index is 0.111. The lowest BCUT2D eigenvalue weighted by Gasteiger charge is -2.41. The van der Waals surface area contributed by atoms with E-state index in [0.717, 1.165) is 37.9 Å². The Labute approximate surface area is 126 Å². The Bertz CT molecular complexity index is 492. The van der Waals surface area contributed by atoms with E-state index >= 15 is 0 Å². The second kappa shape index (κ2) is 7.05. The highest BCUT2D eigenvalue weighted by Crippen LogP contribution is 2.34. The highest BCUT2D eigenvalue weighted by molar-refractivity contribution is 5.33. The van der Waals surface area contributed by atoms with E-state index in [2.05, 4.69) is 11.5 Å². The van der Waals surface area contributed by atoms with Gasteiger partial charge < -0.3 is 9.84 Å². The molecule has 0 saturated carbocycles. The molecule has 116 valence electrons. The highest BCUT2D eigenvalue weighted by atomic mass is 19.1. The Morgan fingerprint density at radius 2 is 2.33 bits per heavy atom. The number of allylic oxidation sites excluding steroid dienone is 1. The zero-order valence-corrected chi connectivity index (χ0v) is 12.6. The standard InChI is InChI=1S/C17H24FNO2/c1-3-7-17(13-20)8-4-9-19(12-17)11-14-10-15(18)5-6-16(14)21-2/h3,5-6,10,20H,1,4,7-9,11-13H2,2H3/t17-/m0/s1. The third-order valence-electron chi connectivity index (χ3n) is 4.29. The van der Waals surface area contributed by atoms with Crippen molar-refractivity contribution in [2.24, 2.45) is 5.41 Å². The van der Waals surface area contributed by atoms with Crippen molar-refractivity contribution in [1.82, 2.24) is 4.90 Å². The fourth-order valence-corrected chi connectivity index (χ4v) is 3.22. The first-order valence-electron chi connectivity index (χ1n) is 7.39. The summed E-state index contributed by atoms with van der Waals surface area (Å²) in [5, 5.41) is 9.74. The van der Waals surface area contributed by atoms with Crippen LogP contribution in [-0.4, -0.2) is 36.8 Å². The lowest BCUT2D eigenvalue weighted by molar-refractivity contribution is 0.0306. The lowest BCUT2D eigenvalue weighted by Crippen LogP contribution is -2.44. The van der Waals surface area contributed by atoms with Crippen molar-refractivity contribution in [2.75, 3.05) is 26.8 Å². The summed E-state index contributed by atoms with van der Waals surface area (Å²) in [6, 6.07) is 4.60. The Morgan fingerprint density at radius 3 is 3.00 bits per heavy atom. The molecule has 1 N–H and O–H groups in total. The molecule has 1 heterocycles. The van der Waals surface area contributed by atoms with Crippen molar-refractivity contribution in [3.8, 4) is 5.75 Å². The van der Waals surface area contributed by atoms with Crippen LogP contribution < -0.4 is 4.74 Å². The van der Waals surface area contributed by atoms with E-state index in [1.54, 1.807) is 13.2 Å². The number of piperidine rings is 1. The number of hydrogen-bond acceptors (Lipinski definition) is 3. The van der Waals surface area contributed by atoms with Crippen LogP contribution in [0.25, 0.3) is 0 Å². The van der Waals surface area contributed by atoms with E-state index in [0.29, 0.717) is 12.3 Å². The second-order valence-corrected chi connectivity index (χ2v) is 5.92. The van der Waals surface area contributed by atoms with Gasteiger partial charge in [-0.3, -0.25) is 4.90 Å². The van der Waals surface area contributed by atoms with Gasteiger partial charge in [0, 0.05) is 24.1 Å². The number of hydrogen-bond donors (Lipinski definition) is 1. The van der Waals surface area contributed by atoms with Gasteiger partial charge in [0.25, 0.3) is 0 Å². The van der Waals surface area contributed by atoms with Gasteiger partial charge in [-0.2, -0.15) is 0 Å². The van der Waals surface area contributed by atoms with Crippen LogP contribution in [0.4, 0.5) is 4.39 Å². The minimum atomic E-state index is -0.248. The molecule has 0 aliphatic carbocycles. The lowest BCUT2D eigenvalue weighted by atomic mass is 9.77. The van der Waals surface area contributed by atoms with Gasteiger partial charge in [-0.05, 0) is 44.0 Å². The summed E-state index contributed by atoms with van der Waals surface area (Å²) in [4.78, 5) is 2.26. The van der Waals surface area contributed by atoms with Crippen molar-refractivity contribution < 1.29 is 14.2 Å². The minimum Gasteiger partial charge on any atom is -0.496 e. The molecule has 1 atom stereocenters. The van der Waals surface area contributed by atoms with Crippen molar-refractivity contribution in [1.29, 1.82) is 0 Å². The van der Waals surface area contributed by atoms with E-state index in [1.807, 2.05) is 6.08 Å². The molecule has 0 radical (unpaired) electrons. The summed E-state index contributed by atoms with van der Waals surface area (Å²) in [5.74, 6) is 0.461. The number of likely N-dealkylation sites (tertiary alicyclic amines) is 1. The normalized spacial score (nSPS) is 23.0. The first-order valence-corrected chi connectivity index (χ1v) is 7.39. The monoisotopic (exact) mass is 293 g/mol. The fraction of sp³-hybridized carbons (Fsp3) is 0.529. The summed E-state index contributed by atoms with van der Waals surface area (Å²) in [6.45, 7) is 6.36. The van der Waals surface area contributed by atoms with E-state index in [9.17, 15) is 9.50 Å². The summed E-state index contributed by atoms with van der Waals surface area (Å²) < 4.78 is 18.8. The summed E-state index contributed by atoms with van der Waals surface area (Å²) in [6.07, 6.45) is 4.72. The molecule has 21 heavy (non-hydrogen) atoms. The van der Waals surface area contributed by atoms with Crippen molar-refractivity contribution in [3.63, 3.8) is 0 Å². The molecule has 1 fully saturated rings. The Morgan fingerprint density at radius 1 is 1.52 bits per heavy atom. The molecule has 4 heteroatoms. The fourth-order valence-electron chi connectivity index (χ4n) is 3.22. The van der Waals surface area contributed by atoms with Crippen LogP contribution >= 0.6 is 0 Å². The van der Waals surface area contributed by atoms with Crippen LogP contribution in [0.3, 0.4) is 0 Å². The van der Waals surface area contributed by atoms with E-state index in [-0.39, 0.29) is 17.8 Å². The van der Waals surface area contributed by atoms with Gasteiger partial charge in [0.05, 0.1) is 13.7 Å². The molecular weight excluding hydrogens is 269 g/mol. The average molecular weight is 293 g/mol. The Kier molecular flexibility index (Phi) is 5.37. The molecule has 1 aliphatic heterocycles. The van der Waals surface area contributed by atoms with Crippen LogP contribution in [0.5, 0.6) is 5.75 Å². The van der Waals surface area contributed by atoms with Crippen molar-refractivity contribution >= 4 is 0 Å². The van der Waals surface area contributed by atoms with Gasteiger partial charge in [0.15, 0.2) is 0 Å². The molecule has 1 aromatic rings. The van der Waals surface area contributed by atoms with Gasteiger partial charge in [0.2, 0.25) is 0 Å². The third kappa shape index (κ3) is 3.83. The zero-order chi connectivity index (χ0) is 15.3. The molecule has 0 bridgehead atoms. The molecule has 1 saturated heterocycles. The molecule has 0 spiro atoms. The molecule has 0 unspecified atom stereocenters. The Hall–Kier alpha value is -1.39. The van der Waals surface area contributed by atoms with Crippen LogP contribution in [0, 0.1) is 11.2 Å². The highest BCUT2D eigenvalue weighted by Gasteiger charge is 2.34. The number of benzene rings is 1. The van der Waals surface area contributed by atoms with Crippen molar-refractivity contribution in [3.05, 3.63) is 42.2 Å². The summed E-state index contributed by atoms with van der Waals surface area (Å²) >= 11 is 0. The number of methoxy groups -OCH3 is 1. The van der Waals surface area contributed by atoms with E-state index in [4.69, 9.17) is 4.74 Å². The number of ether oxygens (including phenoxy) is 1. The largest absolute Gasteiger partial charge is 0.496 e. The third-order valence-corrected chi connectivity index (χ3v) is 4.29. The average Bonchev–Trinajstić information content (AvgIpc) is 2.48. The predicted octanol–water partition coefficient (Wildman–Crippen LogP) is 2.98. The van der Waals surface area contributed by atoms with Gasteiger partial charge in [0.1, 0.15) is 11.6 Å². The maximum absolute atomic E-state index is 13.4. The molecule has 3 nitrogen and oxygen atoms in total. The predicted molar refractivity (Wildman–Crippen MR) is 81.8 cm³/mol. The summed E-state index contributed by atoms with van der Waals surface area (Å²) in [5.41, 5.74) is 0.741. The molecule has 1 aromatic carbocycles. The van der Waals surface area contributed by atoms with Gasteiger partial charge in [-0.25, -0.2) is 4.39 Å². The molecular formula is C17H24FNO2. The van der Waals surface area contributed by atoms with Crippen LogP contribution in [0.1, 0.15) is 24.8 Å². The Balaban J connectivity index is 2.12. The zero-order valence-electron chi connectivity index (χ0n) is 12.6. The first kappa shape index (κ1) is 16.0. The molecule has 1 aliphatic rings. The van der Waals surface area contributed by atoms with Crippen LogP contribution in [0.15, 0.2) is 30.9 Å². The van der Waals surface area contributed by atoms with Gasteiger partial charge in [-0.1, -0.05) is 6.08 Å². The first-order chi connectivity index (χ1) is 10.1. The summed E-state index contributed by atoms with van der Waals surface area (Å²) in [7, 11) is 1.60. The van der Waals surface area contributed by atoms with Crippen LogP contribution in [-0.2, 0) is 6.54 Å². The van der Waals surface area contributed by atoms with Gasteiger partial charge >= 0.3 is 0 Å². The maximum Gasteiger partial charge on any atom is 0.123 e. The number of rotatable bonds is 6. The number of halogens is 1. The SMILES string of the molecule is C=CC[C@]1(CO)CCCN(Cc2cc(F)ccc2OC)C1. The number of aliphatic hydroxyl groups excluding tert-OH is 1. The topological polar surface area (TPSA) is 32.7 Å². The quantitative estimate of drug-likeness (QED) is 0.819. The van der Waals surface area contributed by atoms with E-state index < -0.39 is 0 Å². The smallest absolute Gasteiger partial charge is 0.123 e. The second-order valence-electron chi connectivity index (χ2n) is 5.92. The number of nitrogens with zero attached hydrogens (tertiary/aromatic N) is 1. The maximum atomic E-state index is 13.4. The van der Waals surface area contributed by atoms with Crippen LogP contribution in [0.2, 0.25) is 0 Å². The molecule has 2 rings (SSSR count). The number of aliphatic hydroxyl groups is 1. The molecule has 0 aromatic heterocycles. The molecule has 0 amide bonds. The van der Waals surface area contributed by atoms with Crippen molar-refractivity contribution in [2.45, 2.75) is 25.8 Å².